The highest BCUT2D eigenvalue weighted by atomic mass is 19.4. The number of carboxylic acid groups (broad SMARTS) is 1. The standard InChI is InChI=1S/C27H31F3N4O4/c28-27(29,30)20-3-1-2-19(16-20)24-23(17-32-12-6-18(7-13-32)25(35)36)38-26(37)34(24)22-8-14-33(15-9-22)21-4-10-31-11-5-21/h1-5,10-11,16,18,22-24H,6-9,12-15,17H2,(H,35,36). The van der Waals surface area contributed by atoms with E-state index in [0.29, 0.717) is 64.0 Å². The summed E-state index contributed by atoms with van der Waals surface area (Å²) in [5.41, 5.74) is 0.676. The van der Waals surface area contributed by atoms with Crippen LogP contribution in [0.15, 0.2) is 48.8 Å². The topological polar surface area (TPSA) is 86.2 Å². The number of halogens is 3. The Morgan fingerprint density at radius 3 is 2.34 bits per heavy atom. The summed E-state index contributed by atoms with van der Waals surface area (Å²) in [5, 5.41) is 9.30. The van der Waals surface area contributed by atoms with Gasteiger partial charge in [0.05, 0.1) is 17.5 Å². The highest BCUT2D eigenvalue weighted by Crippen LogP contribution is 2.40. The van der Waals surface area contributed by atoms with Crippen LogP contribution in [0.25, 0.3) is 0 Å². The third-order valence-electron chi connectivity index (χ3n) is 7.93. The van der Waals surface area contributed by atoms with E-state index in [1.165, 1.54) is 6.07 Å². The average Bonchev–Trinajstić information content (AvgIpc) is 3.24. The van der Waals surface area contributed by atoms with Crippen LogP contribution in [0.4, 0.5) is 23.7 Å². The van der Waals surface area contributed by atoms with Gasteiger partial charge in [0.1, 0.15) is 6.10 Å². The molecule has 0 aliphatic carbocycles. The van der Waals surface area contributed by atoms with E-state index >= 15 is 0 Å². The van der Waals surface area contributed by atoms with E-state index in [0.717, 1.165) is 17.8 Å². The normalized spacial score (nSPS) is 24.0. The summed E-state index contributed by atoms with van der Waals surface area (Å²) in [4.78, 5) is 34.5. The number of cyclic esters (lactones) is 1. The Morgan fingerprint density at radius 2 is 1.71 bits per heavy atom. The third kappa shape index (κ3) is 5.57. The van der Waals surface area contributed by atoms with Crippen LogP contribution < -0.4 is 4.90 Å². The SMILES string of the molecule is O=C(O)C1CCN(CC2OC(=O)N(C3CCN(c4ccncc4)CC3)C2c2cccc(C(F)(F)F)c2)CC1. The monoisotopic (exact) mass is 532 g/mol. The number of amides is 1. The van der Waals surface area contributed by atoms with Gasteiger partial charge in [0.15, 0.2) is 0 Å². The lowest BCUT2D eigenvalue weighted by Gasteiger charge is -2.40. The Bertz CT molecular complexity index is 1130. The van der Waals surface area contributed by atoms with E-state index in [2.05, 4.69) is 9.88 Å². The minimum absolute atomic E-state index is 0.178. The molecule has 4 heterocycles. The molecule has 8 nitrogen and oxygen atoms in total. The molecule has 11 heteroatoms. The van der Waals surface area contributed by atoms with Crippen LogP contribution >= 0.6 is 0 Å². The number of nitrogens with zero attached hydrogens (tertiary/aromatic N) is 4. The Morgan fingerprint density at radius 1 is 1.03 bits per heavy atom. The van der Waals surface area contributed by atoms with Crippen LogP contribution in [0.3, 0.4) is 0 Å². The second-order valence-corrected chi connectivity index (χ2v) is 10.2. The molecule has 1 N–H and O–H groups in total. The Balaban J connectivity index is 1.37. The number of aliphatic carboxylic acids is 1. The number of likely N-dealkylation sites (tertiary alicyclic amines) is 1. The Hall–Kier alpha value is -3.34. The summed E-state index contributed by atoms with van der Waals surface area (Å²) in [6.45, 7) is 2.79. The molecule has 2 aromatic rings. The van der Waals surface area contributed by atoms with Crippen molar-refractivity contribution in [2.75, 3.05) is 37.6 Å². The molecule has 3 aliphatic rings. The van der Waals surface area contributed by atoms with Crippen molar-refractivity contribution < 1.29 is 32.6 Å². The first-order valence-electron chi connectivity index (χ1n) is 13.0. The molecule has 1 amide bonds. The van der Waals surface area contributed by atoms with Crippen LogP contribution in [-0.2, 0) is 15.7 Å². The maximum Gasteiger partial charge on any atom is 0.416 e. The van der Waals surface area contributed by atoms with Crippen molar-refractivity contribution in [3.05, 3.63) is 59.9 Å². The Kier molecular flexibility index (Phi) is 7.47. The van der Waals surface area contributed by atoms with Crippen molar-refractivity contribution in [1.82, 2.24) is 14.8 Å². The van der Waals surface area contributed by atoms with Gasteiger partial charge in [-0.15, -0.1) is 0 Å². The lowest BCUT2D eigenvalue weighted by molar-refractivity contribution is -0.143. The van der Waals surface area contributed by atoms with Crippen LogP contribution in [0.5, 0.6) is 0 Å². The third-order valence-corrected chi connectivity index (χ3v) is 7.93. The predicted octanol–water partition coefficient (Wildman–Crippen LogP) is 4.43. The zero-order chi connectivity index (χ0) is 26.9. The smallest absolute Gasteiger partial charge is 0.416 e. The van der Waals surface area contributed by atoms with Crippen molar-refractivity contribution in [3.63, 3.8) is 0 Å². The molecule has 5 rings (SSSR count). The molecule has 3 fully saturated rings. The van der Waals surface area contributed by atoms with E-state index in [9.17, 15) is 27.9 Å². The van der Waals surface area contributed by atoms with Crippen LogP contribution in [0.2, 0.25) is 0 Å². The van der Waals surface area contributed by atoms with Gasteiger partial charge in [-0.05, 0) is 68.6 Å². The van der Waals surface area contributed by atoms with E-state index in [4.69, 9.17) is 4.74 Å². The first-order chi connectivity index (χ1) is 18.2. The number of ether oxygens (including phenoxy) is 1. The maximum atomic E-state index is 13.6. The number of carbonyl (C=O) groups is 2. The van der Waals surface area contributed by atoms with Crippen molar-refractivity contribution in [2.24, 2.45) is 5.92 Å². The number of hydrogen-bond donors (Lipinski definition) is 1. The number of piperidine rings is 2. The van der Waals surface area contributed by atoms with Gasteiger partial charge < -0.3 is 14.7 Å². The second-order valence-electron chi connectivity index (χ2n) is 10.2. The quantitative estimate of drug-likeness (QED) is 0.589. The lowest BCUT2D eigenvalue weighted by Crippen LogP contribution is -2.47. The minimum Gasteiger partial charge on any atom is -0.481 e. The summed E-state index contributed by atoms with van der Waals surface area (Å²) in [6.07, 6.45) is 0.0649. The summed E-state index contributed by atoms with van der Waals surface area (Å²) < 4.78 is 46.6. The molecule has 1 aromatic heterocycles. The summed E-state index contributed by atoms with van der Waals surface area (Å²) in [5.74, 6) is -1.22. The number of alkyl halides is 3. The van der Waals surface area contributed by atoms with Crippen LogP contribution in [-0.4, -0.2) is 76.8 Å². The largest absolute Gasteiger partial charge is 0.481 e. The lowest BCUT2D eigenvalue weighted by atomic mass is 9.93. The van der Waals surface area contributed by atoms with E-state index in [1.54, 1.807) is 23.4 Å². The van der Waals surface area contributed by atoms with Crippen molar-refractivity contribution >= 4 is 17.7 Å². The summed E-state index contributed by atoms with van der Waals surface area (Å²) in [6, 6.07) is 8.17. The summed E-state index contributed by atoms with van der Waals surface area (Å²) in [7, 11) is 0. The van der Waals surface area contributed by atoms with Gasteiger partial charge in [-0.2, -0.15) is 13.2 Å². The number of pyridine rings is 1. The molecule has 2 unspecified atom stereocenters. The number of carbonyl (C=O) groups excluding carboxylic acids is 1. The number of rotatable bonds is 6. The molecule has 1 aromatic carbocycles. The molecule has 3 saturated heterocycles. The molecule has 3 aliphatic heterocycles. The number of aromatic nitrogens is 1. The fraction of sp³-hybridized carbons (Fsp3) is 0.519. The molecule has 0 radical (unpaired) electrons. The molecular formula is C27H31F3N4O4. The molecular weight excluding hydrogens is 501 g/mol. The van der Waals surface area contributed by atoms with Gasteiger partial charge in [0.2, 0.25) is 0 Å². The van der Waals surface area contributed by atoms with Crippen molar-refractivity contribution in [3.8, 4) is 0 Å². The van der Waals surface area contributed by atoms with E-state index in [-0.39, 0.29) is 6.04 Å². The van der Waals surface area contributed by atoms with Crippen molar-refractivity contribution in [1.29, 1.82) is 0 Å². The van der Waals surface area contributed by atoms with Gasteiger partial charge in [-0.25, -0.2) is 4.79 Å². The van der Waals surface area contributed by atoms with E-state index < -0.39 is 41.9 Å². The number of carboxylic acids is 1. The predicted molar refractivity (Wildman–Crippen MR) is 133 cm³/mol. The zero-order valence-electron chi connectivity index (χ0n) is 20.9. The number of anilines is 1. The second kappa shape index (κ2) is 10.8. The van der Waals surface area contributed by atoms with Gasteiger partial charge >= 0.3 is 18.2 Å². The summed E-state index contributed by atoms with van der Waals surface area (Å²) >= 11 is 0. The molecule has 0 spiro atoms. The van der Waals surface area contributed by atoms with Crippen molar-refractivity contribution in [2.45, 2.75) is 50.0 Å². The Labute approximate surface area is 219 Å². The van der Waals surface area contributed by atoms with Gasteiger partial charge in [-0.1, -0.05) is 12.1 Å². The zero-order valence-corrected chi connectivity index (χ0v) is 20.9. The first-order valence-corrected chi connectivity index (χ1v) is 13.0. The average molecular weight is 533 g/mol. The minimum atomic E-state index is -4.51. The molecule has 204 valence electrons. The van der Waals surface area contributed by atoms with Gasteiger partial charge in [0, 0.05) is 43.8 Å². The molecule has 0 bridgehead atoms. The fourth-order valence-corrected chi connectivity index (χ4v) is 5.91. The highest BCUT2D eigenvalue weighted by molar-refractivity contribution is 5.72. The fourth-order valence-electron chi connectivity index (χ4n) is 5.91. The maximum absolute atomic E-state index is 13.6. The number of benzene rings is 1. The van der Waals surface area contributed by atoms with Gasteiger partial charge in [0.25, 0.3) is 0 Å². The highest BCUT2D eigenvalue weighted by Gasteiger charge is 2.48. The number of hydrogen-bond acceptors (Lipinski definition) is 6. The molecule has 0 saturated carbocycles. The molecule has 2 atom stereocenters. The first kappa shape index (κ1) is 26.3. The molecule has 38 heavy (non-hydrogen) atoms. The van der Waals surface area contributed by atoms with Crippen LogP contribution in [0.1, 0.15) is 42.9 Å². The van der Waals surface area contributed by atoms with E-state index in [1.807, 2.05) is 17.0 Å². The van der Waals surface area contributed by atoms with Gasteiger partial charge in [-0.3, -0.25) is 19.6 Å². The van der Waals surface area contributed by atoms with Crippen LogP contribution in [0, 0.1) is 5.92 Å².